The zero-order chi connectivity index (χ0) is 15.2. The number of carbonyl (C=O) groups excluding carboxylic acids is 1. The zero-order valence-corrected chi connectivity index (χ0v) is 13.7. The maximum Gasteiger partial charge on any atom is 0.223 e. The van der Waals surface area contributed by atoms with Crippen LogP contribution in [0.2, 0.25) is 0 Å². The number of amides is 1. The SMILES string of the molecule is O=C(CC1CCCC1)N(CCc1cccs1)Cc1ccoc1. The lowest BCUT2D eigenvalue weighted by molar-refractivity contribution is -0.132. The maximum absolute atomic E-state index is 12.7. The molecule has 3 nitrogen and oxygen atoms in total. The Bertz CT molecular complexity index is 556. The average molecular weight is 317 g/mol. The smallest absolute Gasteiger partial charge is 0.223 e. The molecule has 0 saturated heterocycles. The van der Waals surface area contributed by atoms with E-state index in [0.717, 1.165) is 18.5 Å². The summed E-state index contributed by atoms with van der Waals surface area (Å²) in [7, 11) is 0. The van der Waals surface area contributed by atoms with Crippen molar-refractivity contribution in [2.24, 2.45) is 5.92 Å². The molecule has 0 aromatic carbocycles. The summed E-state index contributed by atoms with van der Waals surface area (Å²) in [5.41, 5.74) is 1.07. The van der Waals surface area contributed by atoms with Gasteiger partial charge in [0.15, 0.2) is 0 Å². The Labute approximate surface area is 135 Å². The number of hydrogen-bond acceptors (Lipinski definition) is 3. The van der Waals surface area contributed by atoms with E-state index in [4.69, 9.17) is 4.42 Å². The van der Waals surface area contributed by atoms with E-state index in [-0.39, 0.29) is 0 Å². The van der Waals surface area contributed by atoms with Gasteiger partial charge in [0.2, 0.25) is 5.91 Å². The van der Waals surface area contributed by atoms with Crippen LogP contribution >= 0.6 is 11.3 Å². The van der Waals surface area contributed by atoms with Gasteiger partial charge in [-0.2, -0.15) is 0 Å². The van der Waals surface area contributed by atoms with Crippen molar-refractivity contribution in [3.8, 4) is 0 Å². The normalized spacial score (nSPS) is 15.3. The number of furan rings is 1. The first-order valence-corrected chi connectivity index (χ1v) is 9.00. The van der Waals surface area contributed by atoms with Crippen LogP contribution in [0.25, 0.3) is 0 Å². The third-order valence-electron chi connectivity index (χ3n) is 4.45. The highest BCUT2D eigenvalue weighted by Crippen LogP contribution is 2.28. The van der Waals surface area contributed by atoms with Crippen molar-refractivity contribution in [2.45, 2.75) is 45.1 Å². The second kappa shape index (κ2) is 7.63. The first-order chi connectivity index (χ1) is 10.8. The van der Waals surface area contributed by atoms with E-state index < -0.39 is 0 Å². The Hall–Kier alpha value is -1.55. The Morgan fingerprint density at radius 3 is 2.86 bits per heavy atom. The van der Waals surface area contributed by atoms with Gasteiger partial charge in [-0.25, -0.2) is 0 Å². The molecule has 1 fully saturated rings. The van der Waals surface area contributed by atoms with Gasteiger partial charge in [0.25, 0.3) is 0 Å². The van der Waals surface area contributed by atoms with E-state index >= 15 is 0 Å². The van der Waals surface area contributed by atoms with Crippen LogP contribution in [0, 0.1) is 5.92 Å². The molecule has 0 atom stereocenters. The van der Waals surface area contributed by atoms with Crippen LogP contribution in [0.1, 0.15) is 42.5 Å². The fourth-order valence-corrected chi connectivity index (χ4v) is 3.88. The molecular weight excluding hydrogens is 294 g/mol. The number of hydrogen-bond donors (Lipinski definition) is 0. The second-order valence-corrected chi connectivity index (χ2v) is 7.16. The Balaban J connectivity index is 1.60. The number of carbonyl (C=O) groups is 1. The number of rotatable bonds is 7. The minimum atomic E-state index is 0.296. The summed E-state index contributed by atoms with van der Waals surface area (Å²) in [6, 6.07) is 6.16. The Morgan fingerprint density at radius 1 is 1.32 bits per heavy atom. The maximum atomic E-state index is 12.7. The standard InChI is InChI=1S/C18H23NO2S/c20-18(12-15-4-1-2-5-15)19(13-16-8-10-21-14-16)9-7-17-6-3-11-22-17/h3,6,8,10-11,14-15H,1-2,4-5,7,9,12-13H2. The summed E-state index contributed by atoms with van der Waals surface area (Å²) < 4.78 is 5.14. The summed E-state index contributed by atoms with van der Waals surface area (Å²) >= 11 is 1.76. The lowest BCUT2D eigenvalue weighted by Gasteiger charge is -2.23. The molecule has 2 heterocycles. The molecule has 1 aliphatic carbocycles. The molecule has 0 aliphatic heterocycles. The molecular formula is C18H23NO2S. The second-order valence-electron chi connectivity index (χ2n) is 6.13. The van der Waals surface area contributed by atoms with Crippen LogP contribution in [0.3, 0.4) is 0 Å². The van der Waals surface area contributed by atoms with Gasteiger partial charge in [0, 0.05) is 30.0 Å². The van der Waals surface area contributed by atoms with Crippen LogP contribution in [0.4, 0.5) is 0 Å². The van der Waals surface area contributed by atoms with Gasteiger partial charge >= 0.3 is 0 Å². The minimum absolute atomic E-state index is 0.296. The molecule has 4 heteroatoms. The molecule has 118 valence electrons. The molecule has 0 bridgehead atoms. The van der Waals surface area contributed by atoms with Crippen molar-refractivity contribution in [2.75, 3.05) is 6.54 Å². The van der Waals surface area contributed by atoms with Crippen molar-refractivity contribution >= 4 is 17.2 Å². The van der Waals surface area contributed by atoms with Gasteiger partial charge in [-0.05, 0) is 42.7 Å². The van der Waals surface area contributed by atoms with E-state index in [2.05, 4.69) is 17.5 Å². The van der Waals surface area contributed by atoms with E-state index in [0.29, 0.717) is 24.8 Å². The topological polar surface area (TPSA) is 33.5 Å². The molecule has 0 spiro atoms. The van der Waals surface area contributed by atoms with E-state index in [9.17, 15) is 4.79 Å². The third-order valence-corrected chi connectivity index (χ3v) is 5.39. The Morgan fingerprint density at radius 2 is 2.18 bits per heavy atom. The fraction of sp³-hybridized carbons (Fsp3) is 0.500. The van der Waals surface area contributed by atoms with Crippen molar-refractivity contribution in [3.05, 3.63) is 46.5 Å². The van der Waals surface area contributed by atoms with E-state index in [1.807, 2.05) is 11.0 Å². The van der Waals surface area contributed by atoms with Crippen LogP contribution in [-0.2, 0) is 17.8 Å². The predicted molar refractivity (Wildman–Crippen MR) is 88.7 cm³/mol. The Kier molecular flexibility index (Phi) is 5.33. The summed E-state index contributed by atoms with van der Waals surface area (Å²) in [5, 5.41) is 2.09. The fourth-order valence-electron chi connectivity index (χ4n) is 3.19. The van der Waals surface area contributed by atoms with Gasteiger partial charge in [-0.1, -0.05) is 18.9 Å². The van der Waals surface area contributed by atoms with Crippen LogP contribution in [0.5, 0.6) is 0 Å². The number of thiophene rings is 1. The predicted octanol–water partition coefficient (Wildman–Crippen LogP) is 4.49. The molecule has 0 radical (unpaired) electrons. The van der Waals surface area contributed by atoms with Crippen LogP contribution < -0.4 is 0 Å². The van der Waals surface area contributed by atoms with Gasteiger partial charge in [0.1, 0.15) is 0 Å². The first kappa shape index (κ1) is 15.3. The summed E-state index contributed by atoms with van der Waals surface area (Å²) in [6.07, 6.45) is 10.1. The van der Waals surface area contributed by atoms with Crippen LogP contribution in [-0.4, -0.2) is 17.4 Å². The molecule has 0 unspecified atom stereocenters. The lowest BCUT2D eigenvalue weighted by Crippen LogP contribution is -2.33. The molecule has 3 rings (SSSR count). The first-order valence-electron chi connectivity index (χ1n) is 8.12. The van der Waals surface area contributed by atoms with Gasteiger partial charge < -0.3 is 9.32 Å². The minimum Gasteiger partial charge on any atom is -0.472 e. The monoisotopic (exact) mass is 317 g/mol. The molecule has 1 aliphatic rings. The van der Waals surface area contributed by atoms with Gasteiger partial charge in [-0.3, -0.25) is 4.79 Å². The average Bonchev–Trinajstić information content (AvgIpc) is 3.26. The molecule has 22 heavy (non-hydrogen) atoms. The molecule has 0 N–H and O–H groups in total. The lowest BCUT2D eigenvalue weighted by atomic mass is 10.0. The van der Waals surface area contributed by atoms with E-state index in [1.165, 1.54) is 30.6 Å². The van der Waals surface area contributed by atoms with Crippen molar-refractivity contribution < 1.29 is 9.21 Å². The van der Waals surface area contributed by atoms with Gasteiger partial charge in [-0.15, -0.1) is 11.3 Å². The van der Waals surface area contributed by atoms with Gasteiger partial charge in [0.05, 0.1) is 12.5 Å². The zero-order valence-electron chi connectivity index (χ0n) is 12.9. The number of nitrogens with zero attached hydrogens (tertiary/aromatic N) is 1. The quantitative estimate of drug-likeness (QED) is 0.753. The highest BCUT2D eigenvalue weighted by Gasteiger charge is 2.22. The molecule has 2 aromatic rings. The van der Waals surface area contributed by atoms with E-state index in [1.54, 1.807) is 23.9 Å². The largest absolute Gasteiger partial charge is 0.472 e. The molecule has 1 saturated carbocycles. The molecule has 2 aromatic heterocycles. The summed E-state index contributed by atoms with van der Waals surface area (Å²) in [6.45, 7) is 1.45. The highest BCUT2D eigenvalue weighted by atomic mass is 32.1. The third kappa shape index (κ3) is 4.23. The van der Waals surface area contributed by atoms with Crippen molar-refractivity contribution in [1.82, 2.24) is 4.90 Å². The van der Waals surface area contributed by atoms with Crippen LogP contribution in [0.15, 0.2) is 40.5 Å². The van der Waals surface area contributed by atoms with Crippen molar-refractivity contribution in [3.63, 3.8) is 0 Å². The highest BCUT2D eigenvalue weighted by molar-refractivity contribution is 7.09. The summed E-state index contributed by atoms with van der Waals surface area (Å²) in [4.78, 5) is 16.0. The molecule has 1 amide bonds. The summed E-state index contributed by atoms with van der Waals surface area (Å²) in [5.74, 6) is 0.894. The van der Waals surface area contributed by atoms with Crippen molar-refractivity contribution in [1.29, 1.82) is 0 Å².